The van der Waals surface area contributed by atoms with E-state index >= 15 is 0 Å². The predicted octanol–water partition coefficient (Wildman–Crippen LogP) is 2.45. The van der Waals surface area contributed by atoms with E-state index in [4.69, 9.17) is 0 Å². The maximum Gasteiger partial charge on any atom is 0.525 e. The number of ether oxygens (including phenoxy) is 2. The second-order valence-electron chi connectivity index (χ2n) is 2.20. The van der Waals surface area contributed by atoms with Crippen LogP contribution in [0.15, 0.2) is 0 Å². The number of hydrogen-bond donors (Lipinski definition) is 0. The molecular formula is C5H6F6O2. The molecule has 0 aromatic carbocycles. The Morgan fingerprint density at radius 1 is 0.923 bits per heavy atom. The van der Waals surface area contributed by atoms with E-state index in [0.29, 0.717) is 7.11 Å². The molecule has 0 N–H and O–H groups in total. The summed E-state index contributed by atoms with van der Waals surface area (Å²) >= 11 is 0. The van der Waals surface area contributed by atoms with Crippen LogP contribution in [0, 0.1) is 0 Å². The molecular weight excluding hydrogens is 206 g/mol. The summed E-state index contributed by atoms with van der Waals surface area (Å²) in [6.45, 7) is 0.139. The number of halogens is 6. The van der Waals surface area contributed by atoms with Gasteiger partial charge in [0.1, 0.15) is 0 Å². The third kappa shape index (κ3) is 3.39. The molecule has 0 aliphatic heterocycles. The van der Waals surface area contributed by atoms with E-state index in [9.17, 15) is 26.3 Å². The molecule has 0 amide bonds. The van der Waals surface area contributed by atoms with E-state index < -0.39 is 18.3 Å². The Bertz CT molecular complexity index is 173. The monoisotopic (exact) mass is 212 g/mol. The Morgan fingerprint density at radius 3 is 1.38 bits per heavy atom. The van der Waals surface area contributed by atoms with E-state index in [2.05, 4.69) is 9.47 Å². The first-order chi connectivity index (χ1) is 5.52. The van der Waals surface area contributed by atoms with Crippen LogP contribution in [0.1, 0.15) is 6.92 Å². The van der Waals surface area contributed by atoms with Crippen molar-refractivity contribution in [2.24, 2.45) is 0 Å². The molecule has 0 aromatic rings. The topological polar surface area (TPSA) is 18.5 Å². The average molecular weight is 212 g/mol. The van der Waals surface area contributed by atoms with Crippen molar-refractivity contribution in [3.05, 3.63) is 0 Å². The van der Waals surface area contributed by atoms with Crippen molar-refractivity contribution >= 4 is 0 Å². The zero-order valence-corrected chi connectivity index (χ0v) is 6.58. The van der Waals surface area contributed by atoms with Gasteiger partial charge >= 0.3 is 12.5 Å². The summed E-state index contributed by atoms with van der Waals surface area (Å²) in [7, 11) is 0.471. The summed E-state index contributed by atoms with van der Waals surface area (Å²) in [6, 6.07) is 0. The molecule has 0 saturated heterocycles. The van der Waals surface area contributed by atoms with E-state index in [1.165, 1.54) is 0 Å². The molecule has 0 rings (SSSR count). The smallest absolute Gasteiger partial charge is 0.346 e. The Hall–Kier alpha value is -0.500. The Labute approximate surface area is 69.4 Å². The summed E-state index contributed by atoms with van der Waals surface area (Å²) in [6.07, 6.45) is -10.7. The largest absolute Gasteiger partial charge is 0.525 e. The van der Waals surface area contributed by atoms with Crippen LogP contribution in [-0.2, 0) is 9.47 Å². The number of rotatable bonds is 2. The molecule has 0 aromatic heterocycles. The van der Waals surface area contributed by atoms with E-state index in [0.717, 1.165) is 0 Å². The third-order valence-electron chi connectivity index (χ3n) is 1.21. The number of hydrogen-bond acceptors (Lipinski definition) is 2. The lowest BCUT2D eigenvalue weighted by Crippen LogP contribution is -2.49. The summed E-state index contributed by atoms with van der Waals surface area (Å²) < 4.78 is 76.5. The fourth-order valence-electron chi connectivity index (χ4n) is 0.436. The van der Waals surface area contributed by atoms with Gasteiger partial charge in [0, 0.05) is 7.11 Å². The normalized spacial score (nSPS) is 18.5. The molecule has 80 valence electrons. The quantitative estimate of drug-likeness (QED) is 0.517. The molecule has 0 aliphatic carbocycles. The molecule has 1 unspecified atom stereocenters. The van der Waals surface area contributed by atoms with Gasteiger partial charge in [-0.1, -0.05) is 0 Å². The molecule has 0 radical (unpaired) electrons. The van der Waals surface area contributed by atoms with Crippen LogP contribution in [-0.4, -0.2) is 25.4 Å². The van der Waals surface area contributed by atoms with Gasteiger partial charge in [-0.2, -0.15) is 13.2 Å². The van der Waals surface area contributed by atoms with Gasteiger partial charge in [-0.15, -0.1) is 13.2 Å². The van der Waals surface area contributed by atoms with Gasteiger partial charge in [0.2, 0.25) is 0 Å². The van der Waals surface area contributed by atoms with Crippen LogP contribution in [0.2, 0.25) is 0 Å². The summed E-state index contributed by atoms with van der Waals surface area (Å²) in [5.41, 5.74) is 0. The van der Waals surface area contributed by atoms with Gasteiger partial charge in [0.05, 0.1) is 0 Å². The molecule has 0 saturated carbocycles. The molecule has 0 aliphatic rings. The second kappa shape index (κ2) is 3.33. The molecule has 0 fully saturated rings. The zero-order chi connectivity index (χ0) is 10.9. The average Bonchev–Trinajstić information content (AvgIpc) is 1.81. The summed E-state index contributed by atoms with van der Waals surface area (Å²) in [5, 5.41) is 0. The minimum Gasteiger partial charge on any atom is -0.346 e. The van der Waals surface area contributed by atoms with Crippen LogP contribution in [0.3, 0.4) is 0 Å². The Morgan fingerprint density at radius 2 is 1.31 bits per heavy atom. The minimum absolute atomic E-state index is 0.139. The first-order valence-electron chi connectivity index (χ1n) is 2.90. The second-order valence-corrected chi connectivity index (χ2v) is 2.20. The van der Waals surface area contributed by atoms with E-state index in [1.807, 2.05) is 0 Å². The fourth-order valence-corrected chi connectivity index (χ4v) is 0.436. The number of alkyl halides is 6. The molecule has 8 heteroatoms. The van der Waals surface area contributed by atoms with Crippen molar-refractivity contribution < 1.29 is 35.8 Å². The van der Waals surface area contributed by atoms with Crippen molar-refractivity contribution in [3.63, 3.8) is 0 Å². The van der Waals surface area contributed by atoms with Gasteiger partial charge < -0.3 is 4.74 Å². The highest BCUT2D eigenvalue weighted by molar-refractivity contribution is 4.73. The molecule has 1 atom stereocenters. The highest BCUT2D eigenvalue weighted by Gasteiger charge is 2.58. The summed E-state index contributed by atoms with van der Waals surface area (Å²) in [5.74, 6) is -3.66. The minimum atomic E-state index is -5.40. The van der Waals surface area contributed by atoms with Gasteiger partial charge in [-0.05, 0) is 6.92 Å². The van der Waals surface area contributed by atoms with Gasteiger partial charge in [0.15, 0.2) is 0 Å². The highest BCUT2D eigenvalue weighted by Crippen LogP contribution is 2.38. The summed E-state index contributed by atoms with van der Waals surface area (Å²) in [4.78, 5) is 0. The standard InChI is InChI=1S/C5H6F6O2/c1-3(12-2,4(6,7)8)13-5(9,10)11/h1-2H3. The predicted molar refractivity (Wildman–Crippen MR) is 28.6 cm³/mol. The lowest BCUT2D eigenvalue weighted by molar-refractivity contribution is -0.466. The van der Waals surface area contributed by atoms with Crippen molar-refractivity contribution in [2.45, 2.75) is 25.2 Å². The van der Waals surface area contributed by atoms with Crippen molar-refractivity contribution in [1.29, 1.82) is 0 Å². The van der Waals surface area contributed by atoms with Crippen molar-refractivity contribution in [1.82, 2.24) is 0 Å². The third-order valence-corrected chi connectivity index (χ3v) is 1.21. The van der Waals surface area contributed by atoms with Gasteiger partial charge in [0.25, 0.3) is 5.79 Å². The lowest BCUT2D eigenvalue weighted by atomic mass is 10.3. The maximum absolute atomic E-state index is 11.9. The SMILES string of the molecule is COC(C)(OC(F)(F)F)C(F)(F)F. The van der Waals surface area contributed by atoms with E-state index in [1.54, 1.807) is 0 Å². The van der Waals surface area contributed by atoms with Crippen LogP contribution in [0.5, 0.6) is 0 Å². The van der Waals surface area contributed by atoms with Gasteiger partial charge in [-0.25, -0.2) is 4.74 Å². The van der Waals surface area contributed by atoms with E-state index in [-0.39, 0.29) is 6.92 Å². The van der Waals surface area contributed by atoms with Crippen LogP contribution < -0.4 is 0 Å². The zero-order valence-electron chi connectivity index (χ0n) is 6.58. The lowest BCUT2D eigenvalue weighted by Gasteiger charge is -2.30. The van der Waals surface area contributed by atoms with Crippen LogP contribution >= 0.6 is 0 Å². The number of methoxy groups -OCH3 is 1. The van der Waals surface area contributed by atoms with Crippen LogP contribution in [0.4, 0.5) is 26.3 Å². The molecule has 13 heavy (non-hydrogen) atoms. The fraction of sp³-hybridized carbons (Fsp3) is 1.00. The highest BCUT2D eigenvalue weighted by atomic mass is 19.4. The van der Waals surface area contributed by atoms with Crippen LogP contribution in [0.25, 0.3) is 0 Å². The van der Waals surface area contributed by atoms with Crippen molar-refractivity contribution in [2.75, 3.05) is 7.11 Å². The molecule has 2 nitrogen and oxygen atoms in total. The molecule has 0 heterocycles. The van der Waals surface area contributed by atoms with Crippen molar-refractivity contribution in [3.8, 4) is 0 Å². The molecule has 0 spiro atoms. The Balaban J connectivity index is 4.67. The first kappa shape index (κ1) is 12.5. The first-order valence-corrected chi connectivity index (χ1v) is 2.90. The van der Waals surface area contributed by atoms with Gasteiger partial charge in [-0.3, -0.25) is 0 Å². The maximum atomic E-state index is 11.9. The molecule has 0 bridgehead atoms. The Kier molecular flexibility index (Phi) is 3.21.